The van der Waals surface area contributed by atoms with E-state index in [0.717, 1.165) is 29.8 Å². The molecule has 1 saturated carbocycles. The molecule has 1 aliphatic carbocycles. The van der Waals surface area contributed by atoms with Crippen LogP contribution in [-0.2, 0) is 16.1 Å². The van der Waals surface area contributed by atoms with E-state index in [2.05, 4.69) is 29.8 Å². The van der Waals surface area contributed by atoms with Crippen molar-refractivity contribution in [2.24, 2.45) is 5.92 Å². The standard InChI is InChI=1S/C29H39N3O4/c1-22(2)9-8-14-27(32-29(34)35-21-23-10-4-3-5-11-23)28(33)31-20-19-30-24-15-17-26(18-16-24)36-25-12-6-7-13-25/h3-5,8-11,15-18,22,25,27,30H,6-7,12-14,19-21H2,1-2H3,(H,31,33)(H,32,34)/b9-8+/t27-/m0/s1. The molecule has 7 nitrogen and oxygen atoms in total. The van der Waals surface area contributed by atoms with Gasteiger partial charge in [0.05, 0.1) is 6.10 Å². The van der Waals surface area contributed by atoms with Crippen molar-refractivity contribution >= 4 is 17.7 Å². The Labute approximate surface area is 214 Å². The van der Waals surface area contributed by atoms with Crippen LogP contribution >= 0.6 is 0 Å². The van der Waals surface area contributed by atoms with E-state index in [1.54, 1.807) is 0 Å². The second kappa shape index (κ2) is 14.8. The highest BCUT2D eigenvalue weighted by atomic mass is 16.5. The molecule has 0 unspecified atom stereocenters. The summed E-state index contributed by atoms with van der Waals surface area (Å²) in [5.74, 6) is 1.00. The van der Waals surface area contributed by atoms with Gasteiger partial charge in [0.25, 0.3) is 0 Å². The van der Waals surface area contributed by atoms with Gasteiger partial charge in [0, 0.05) is 18.8 Å². The number of ether oxygens (including phenoxy) is 2. The molecule has 1 atom stereocenters. The summed E-state index contributed by atoms with van der Waals surface area (Å²) in [6, 6.07) is 16.6. The predicted octanol–water partition coefficient (Wildman–Crippen LogP) is 5.43. The van der Waals surface area contributed by atoms with E-state index in [4.69, 9.17) is 9.47 Å². The molecule has 0 aliphatic heterocycles. The molecule has 0 saturated heterocycles. The van der Waals surface area contributed by atoms with E-state index in [1.165, 1.54) is 12.8 Å². The zero-order chi connectivity index (χ0) is 25.6. The number of hydrogen-bond donors (Lipinski definition) is 3. The molecule has 3 rings (SSSR count). The van der Waals surface area contributed by atoms with Crippen LogP contribution in [0.4, 0.5) is 10.5 Å². The molecular formula is C29H39N3O4. The van der Waals surface area contributed by atoms with Crippen molar-refractivity contribution in [2.75, 3.05) is 18.4 Å². The molecule has 0 spiro atoms. The van der Waals surface area contributed by atoms with Gasteiger partial charge < -0.3 is 25.4 Å². The second-order valence-corrected chi connectivity index (χ2v) is 9.43. The minimum Gasteiger partial charge on any atom is -0.490 e. The van der Waals surface area contributed by atoms with Crippen LogP contribution in [0.5, 0.6) is 5.75 Å². The van der Waals surface area contributed by atoms with E-state index in [-0.39, 0.29) is 12.5 Å². The van der Waals surface area contributed by atoms with Crippen LogP contribution < -0.4 is 20.7 Å². The summed E-state index contributed by atoms with van der Waals surface area (Å²) in [6.07, 6.45) is 8.80. The predicted molar refractivity (Wildman–Crippen MR) is 143 cm³/mol. The van der Waals surface area contributed by atoms with Crippen molar-refractivity contribution in [1.82, 2.24) is 10.6 Å². The van der Waals surface area contributed by atoms with E-state index in [0.29, 0.717) is 31.5 Å². The number of nitrogens with one attached hydrogen (secondary N) is 3. The van der Waals surface area contributed by atoms with Crippen molar-refractivity contribution in [3.05, 3.63) is 72.3 Å². The third-order valence-corrected chi connectivity index (χ3v) is 5.93. The van der Waals surface area contributed by atoms with Crippen molar-refractivity contribution < 1.29 is 19.1 Å². The summed E-state index contributed by atoms with van der Waals surface area (Å²) < 4.78 is 11.3. The van der Waals surface area contributed by atoms with Gasteiger partial charge in [0.1, 0.15) is 18.4 Å². The van der Waals surface area contributed by atoms with Crippen LogP contribution in [0.3, 0.4) is 0 Å². The van der Waals surface area contributed by atoms with Gasteiger partial charge in [-0.25, -0.2) is 4.79 Å². The highest BCUT2D eigenvalue weighted by molar-refractivity contribution is 5.85. The molecule has 0 heterocycles. The summed E-state index contributed by atoms with van der Waals surface area (Å²) >= 11 is 0. The number of amides is 2. The number of alkyl carbamates (subject to hydrolysis) is 1. The van der Waals surface area contributed by atoms with Gasteiger partial charge in [-0.05, 0) is 67.9 Å². The summed E-state index contributed by atoms with van der Waals surface area (Å²) in [7, 11) is 0. The minimum atomic E-state index is -0.713. The van der Waals surface area contributed by atoms with Gasteiger partial charge in [-0.15, -0.1) is 0 Å². The van der Waals surface area contributed by atoms with Crippen LogP contribution in [0, 0.1) is 5.92 Å². The molecule has 1 aliphatic rings. The first-order valence-electron chi connectivity index (χ1n) is 12.9. The lowest BCUT2D eigenvalue weighted by Gasteiger charge is -2.18. The Bertz CT molecular complexity index is 954. The smallest absolute Gasteiger partial charge is 0.408 e. The quantitative estimate of drug-likeness (QED) is 0.256. The fraction of sp³-hybridized carbons (Fsp3) is 0.448. The van der Waals surface area contributed by atoms with Crippen LogP contribution in [0.2, 0.25) is 0 Å². The number of hydrogen-bond acceptors (Lipinski definition) is 5. The summed E-state index contributed by atoms with van der Waals surface area (Å²) in [5, 5.41) is 8.90. The third-order valence-electron chi connectivity index (χ3n) is 5.93. The lowest BCUT2D eigenvalue weighted by atomic mass is 10.1. The van der Waals surface area contributed by atoms with Gasteiger partial charge in [-0.2, -0.15) is 0 Å². The van der Waals surface area contributed by atoms with Gasteiger partial charge in [0.15, 0.2) is 0 Å². The monoisotopic (exact) mass is 493 g/mol. The Balaban J connectivity index is 1.42. The first-order valence-corrected chi connectivity index (χ1v) is 12.9. The molecule has 2 amide bonds. The molecule has 36 heavy (non-hydrogen) atoms. The van der Waals surface area contributed by atoms with Crippen molar-refractivity contribution in [2.45, 2.75) is 64.7 Å². The average molecular weight is 494 g/mol. The number of anilines is 1. The number of allylic oxidation sites excluding steroid dienone is 1. The fourth-order valence-corrected chi connectivity index (χ4v) is 3.99. The Morgan fingerprint density at radius 2 is 1.72 bits per heavy atom. The first-order chi connectivity index (χ1) is 17.5. The van der Waals surface area contributed by atoms with Crippen molar-refractivity contribution in [3.8, 4) is 5.75 Å². The molecule has 0 radical (unpaired) electrons. The fourth-order valence-electron chi connectivity index (χ4n) is 3.99. The van der Waals surface area contributed by atoms with Gasteiger partial charge in [-0.3, -0.25) is 4.79 Å². The Morgan fingerprint density at radius 1 is 1.00 bits per heavy atom. The zero-order valence-electron chi connectivity index (χ0n) is 21.4. The highest BCUT2D eigenvalue weighted by Gasteiger charge is 2.20. The lowest BCUT2D eigenvalue weighted by molar-refractivity contribution is -0.122. The maximum Gasteiger partial charge on any atom is 0.408 e. The Kier molecular flexibility index (Phi) is 11.2. The van der Waals surface area contributed by atoms with Crippen LogP contribution in [-0.4, -0.2) is 37.2 Å². The van der Waals surface area contributed by atoms with Crippen molar-refractivity contribution in [3.63, 3.8) is 0 Å². The van der Waals surface area contributed by atoms with Gasteiger partial charge >= 0.3 is 6.09 Å². The zero-order valence-corrected chi connectivity index (χ0v) is 21.4. The summed E-state index contributed by atoms with van der Waals surface area (Å²) in [4.78, 5) is 25.1. The first kappa shape index (κ1) is 27.1. The topological polar surface area (TPSA) is 88.7 Å². The maximum absolute atomic E-state index is 12.8. The molecule has 2 aromatic carbocycles. The number of benzene rings is 2. The molecule has 1 fully saturated rings. The largest absolute Gasteiger partial charge is 0.490 e. The van der Waals surface area contributed by atoms with Crippen molar-refractivity contribution in [1.29, 1.82) is 0 Å². The Hall–Kier alpha value is -3.48. The normalized spacial score (nSPS) is 14.5. The van der Waals surface area contributed by atoms with E-state index in [1.807, 2.05) is 66.7 Å². The maximum atomic E-state index is 12.8. The van der Waals surface area contributed by atoms with Gasteiger partial charge in [0.2, 0.25) is 5.91 Å². The molecule has 0 bridgehead atoms. The van der Waals surface area contributed by atoms with Crippen LogP contribution in [0.1, 0.15) is 51.5 Å². The molecule has 7 heteroatoms. The molecule has 2 aromatic rings. The summed E-state index contributed by atoms with van der Waals surface area (Å²) in [5.41, 5.74) is 1.85. The van der Waals surface area contributed by atoms with Crippen LogP contribution in [0.25, 0.3) is 0 Å². The highest BCUT2D eigenvalue weighted by Crippen LogP contribution is 2.24. The van der Waals surface area contributed by atoms with E-state index in [9.17, 15) is 9.59 Å². The average Bonchev–Trinajstić information content (AvgIpc) is 3.39. The van der Waals surface area contributed by atoms with Crippen LogP contribution in [0.15, 0.2) is 66.7 Å². The number of carbonyl (C=O) groups excluding carboxylic acids is 2. The number of carbonyl (C=O) groups is 2. The van der Waals surface area contributed by atoms with E-state index < -0.39 is 12.1 Å². The third kappa shape index (κ3) is 10.0. The van der Waals surface area contributed by atoms with E-state index >= 15 is 0 Å². The second-order valence-electron chi connectivity index (χ2n) is 9.43. The Morgan fingerprint density at radius 3 is 2.42 bits per heavy atom. The van der Waals surface area contributed by atoms with Gasteiger partial charge in [-0.1, -0.05) is 56.3 Å². The minimum absolute atomic E-state index is 0.150. The SMILES string of the molecule is CC(C)/C=C/C[C@H](NC(=O)OCc1ccccc1)C(=O)NCCNc1ccc(OC2CCCC2)cc1. The number of rotatable bonds is 13. The molecular weight excluding hydrogens is 454 g/mol. The molecule has 0 aromatic heterocycles. The molecule has 3 N–H and O–H groups in total. The summed E-state index contributed by atoms with van der Waals surface area (Å²) in [6.45, 7) is 5.25. The lowest BCUT2D eigenvalue weighted by Crippen LogP contribution is -2.47. The molecule has 194 valence electrons.